The van der Waals surface area contributed by atoms with Gasteiger partial charge in [-0.05, 0) is 36.4 Å². The lowest BCUT2D eigenvalue weighted by molar-refractivity contribution is -0.128. The van der Waals surface area contributed by atoms with Gasteiger partial charge in [0, 0.05) is 37.6 Å². The fourth-order valence-corrected chi connectivity index (χ4v) is 4.93. The van der Waals surface area contributed by atoms with E-state index in [-0.39, 0.29) is 12.5 Å². The predicted octanol–water partition coefficient (Wildman–Crippen LogP) is 4.29. The summed E-state index contributed by atoms with van der Waals surface area (Å²) in [6.07, 6.45) is 0. The Kier molecular flexibility index (Phi) is 7.29. The smallest absolute Gasteiger partial charge is 0.233 e. The van der Waals surface area contributed by atoms with Crippen molar-refractivity contribution in [2.24, 2.45) is 0 Å². The van der Waals surface area contributed by atoms with Crippen molar-refractivity contribution in [3.8, 4) is 11.4 Å². The summed E-state index contributed by atoms with van der Waals surface area (Å²) in [5.74, 6) is 1.89. The average molecular weight is 486 g/mol. The SMILES string of the molecule is O=C(CSc1nnc(COc2ccccc2)n1-c1ccccc1)N1CCN(c2ccccc2)CC1. The molecule has 1 aromatic heterocycles. The molecule has 5 rings (SSSR count). The van der Waals surface area contributed by atoms with Crippen molar-refractivity contribution in [1.82, 2.24) is 19.7 Å². The zero-order chi connectivity index (χ0) is 23.9. The second-order valence-electron chi connectivity index (χ2n) is 8.16. The molecule has 0 aliphatic carbocycles. The first kappa shape index (κ1) is 23.0. The molecule has 0 saturated carbocycles. The standard InChI is InChI=1S/C27H27N5O2S/c33-26(31-18-16-30(17-19-31)22-10-4-1-5-11-22)21-35-27-29-28-25(20-34-24-14-8-3-9-15-24)32(27)23-12-6-2-7-13-23/h1-15H,16-21H2. The normalized spacial score (nSPS) is 13.6. The van der Waals surface area contributed by atoms with Crippen LogP contribution in [-0.2, 0) is 11.4 Å². The largest absolute Gasteiger partial charge is 0.486 e. The number of aromatic nitrogens is 3. The Hall–Kier alpha value is -3.78. The van der Waals surface area contributed by atoms with Gasteiger partial charge in [0.15, 0.2) is 11.0 Å². The van der Waals surface area contributed by atoms with Crippen molar-refractivity contribution in [2.75, 3.05) is 36.8 Å². The molecule has 0 unspecified atom stereocenters. The van der Waals surface area contributed by atoms with E-state index in [0.29, 0.717) is 16.7 Å². The lowest BCUT2D eigenvalue weighted by Gasteiger charge is -2.36. The summed E-state index contributed by atoms with van der Waals surface area (Å²) < 4.78 is 7.89. The summed E-state index contributed by atoms with van der Waals surface area (Å²) in [7, 11) is 0. The molecule has 1 aliphatic heterocycles. The second kappa shape index (κ2) is 11.1. The molecule has 1 amide bonds. The first-order valence-electron chi connectivity index (χ1n) is 11.7. The molecule has 2 heterocycles. The van der Waals surface area contributed by atoms with Crippen LogP contribution in [0.25, 0.3) is 5.69 Å². The highest BCUT2D eigenvalue weighted by molar-refractivity contribution is 7.99. The van der Waals surface area contributed by atoms with Gasteiger partial charge in [-0.25, -0.2) is 0 Å². The fraction of sp³-hybridized carbons (Fsp3) is 0.222. The number of anilines is 1. The maximum Gasteiger partial charge on any atom is 0.233 e. The fourth-order valence-electron chi connectivity index (χ4n) is 4.06. The minimum absolute atomic E-state index is 0.118. The number of piperazine rings is 1. The summed E-state index contributed by atoms with van der Waals surface area (Å²) in [6, 6.07) is 29.9. The molecule has 0 N–H and O–H groups in total. The number of thioether (sulfide) groups is 1. The van der Waals surface area contributed by atoms with Crippen LogP contribution in [0, 0.1) is 0 Å². The average Bonchev–Trinajstić information content (AvgIpc) is 3.35. The molecule has 1 fully saturated rings. The summed E-state index contributed by atoms with van der Waals surface area (Å²) >= 11 is 1.41. The third kappa shape index (κ3) is 5.66. The maximum atomic E-state index is 13.0. The number of ether oxygens (including phenoxy) is 1. The number of hydrogen-bond acceptors (Lipinski definition) is 6. The van der Waals surface area contributed by atoms with Crippen molar-refractivity contribution < 1.29 is 9.53 Å². The molecule has 0 radical (unpaired) electrons. The highest BCUT2D eigenvalue weighted by Gasteiger charge is 2.23. The third-order valence-corrected chi connectivity index (χ3v) is 6.82. The van der Waals surface area contributed by atoms with Crippen molar-refractivity contribution >= 4 is 23.4 Å². The van der Waals surface area contributed by atoms with E-state index in [4.69, 9.17) is 4.74 Å². The molecule has 3 aromatic carbocycles. The lowest BCUT2D eigenvalue weighted by Crippen LogP contribution is -2.49. The molecule has 8 heteroatoms. The van der Waals surface area contributed by atoms with Gasteiger partial charge in [-0.1, -0.05) is 66.4 Å². The first-order chi connectivity index (χ1) is 17.3. The Labute approximate surface area is 209 Å². The highest BCUT2D eigenvalue weighted by atomic mass is 32.2. The summed E-state index contributed by atoms with van der Waals surface area (Å²) in [4.78, 5) is 17.2. The second-order valence-corrected chi connectivity index (χ2v) is 9.11. The number of carbonyl (C=O) groups excluding carboxylic acids is 1. The number of nitrogens with zero attached hydrogens (tertiary/aromatic N) is 5. The van der Waals surface area contributed by atoms with E-state index in [2.05, 4.69) is 27.2 Å². The quantitative estimate of drug-likeness (QED) is 0.347. The molecular weight excluding hydrogens is 458 g/mol. The Morgan fingerprint density at radius 3 is 2.03 bits per heavy atom. The maximum absolute atomic E-state index is 13.0. The number of carbonyl (C=O) groups is 1. The van der Waals surface area contributed by atoms with Crippen LogP contribution in [0.5, 0.6) is 5.75 Å². The van der Waals surface area contributed by atoms with E-state index >= 15 is 0 Å². The van der Waals surface area contributed by atoms with Gasteiger partial charge in [0.05, 0.1) is 5.75 Å². The minimum Gasteiger partial charge on any atom is -0.486 e. The first-order valence-corrected chi connectivity index (χ1v) is 12.6. The van der Waals surface area contributed by atoms with Crippen LogP contribution in [0.2, 0.25) is 0 Å². The van der Waals surface area contributed by atoms with Gasteiger partial charge in [-0.3, -0.25) is 9.36 Å². The van der Waals surface area contributed by atoms with Crippen molar-refractivity contribution in [1.29, 1.82) is 0 Å². The van der Waals surface area contributed by atoms with E-state index in [1.54, 1.807) is 0 Å². The van der Waals surface area contributed by atoms with Crippen LogP contribution < -0.4 is 9.64 Å². The summed E-state index contributed by atoms with van der Waals surface area (Å²) in [6.45, 7) is 3.39. The molecule has 0 spiro atoms. The molecule has 35 heavy (non-hydrogen) atoms. The predicted molar refractivity (Wildman–Crippen MR) is 138 cm³/mol. The van der Waals surface area contributed by atoms with Gasteiger partial charge < -0.3 is 14.5 Å². The summed E-state index contributed by atoms with van der Waals surface area (Å²) in [5, 5.41) is 9.45. The topological polar surface area (TPSA) is 63.5 Å². The Balaban J connectivity index is 1.23. The monoisotopic (exact) mass is 485 g/mol. The Morgan fingerprint density at radius 1 is 0.771 bits per heavy atom. The van der Waals surface area contributed by atoms with Crippen molar-refractivity contribution in [3.05, 3.63) is 96.8 Å². The van der Waals surface area contributed by atoms with E-state index in [0.717, 1.165) is 37.6 Å². The third-order valence-electron chi connectivity index (χ3n) is 5.90. The van der Waals surface area contributed by atoms with E-state index in [1.807, 2.05) is 88.3 Å². The number of benzene rings is 3. The zero-order valence-electron chi connectivity index (χ0n) is 19.4. The lowest BCUT2D eigenvalue weighted by atomic mass is 10.2. The molecule has 7 nitrogen and oxygen atoms in total. The molecule has 0 atom stereocenters. The van der Waals surface area contributed by atoms with Gasteiger partial charge in [0.25, 0.3) is 0 Å². The van der Waals surface area contributed by atoms with Crippen LogP contribution in [0.4, 0.5) is 5.69 Å². The van der Waals surface area contributed by atoms with Gasteiger partial charge in [-0.15, -0.1) is 10.2 Å². The van der Waals surface area contributed by atoms with Gasteiger partial charge in [0.1, 0.15) is 12.4 Å². The van der Waals surface area contributed by atoms with Crippen molar-refractivity contribution in [2.45, 2.75) is 11.8 Å². The van der Waals surface area contributed by atoms with E-state index in [1.165, 1.54) is 17.4 Å². The van der Waals surface area contributed by atoms with Gasteiger partial charge in [-0.2, -0.15) is 0 Å². The van der Waals surface area contributed by atoms with Crippen LogP contribution >= 0.6 is 11.8 Å². The number of amides is 1. The van der Waals surface area contributed by atoms with E-state index in [9.17, 15) is 4.79 Å². The molecule has 178 valence electrons. The molecular formula is C27H27N5O2S. The zero-order valence-corrected chi connectivity index (χ0v) is 20.2. The Bertz CT molecular complexity index is 1230. The Morgan fingerprint density at radius 2 is 1.37 bits per heavy atom. The molecule has 1 aliphatic rings. The summed E-state index contributed by atoms with van der Waals surface area (Å²) in [5.41, 5.74) is 2.14. The number of rotatable bonds is 8. The minimum atomic E-state index is 0.118. The number of hydrogen-bond donors (Lipinski definition) is 0. The highest BCUT2D eigenvalue weighted by Crippen LogP contribution is 2.24. The van der Waals surface area contributed by atoms with E-state index < -0.39 is 0 Å². The number of para-hydroxylation sites is 3. The van der Waals surface area contributed by atoms with Gasteiger partial charge >= 0.3 is 0 Å². The van der Waals surface area contributed by atoms with Gasteiger partial charge in [0.2, 0.25) is 5.91 Å². The molecule has 0 bridgehead atoms. The van der Waals surface area contributed by atoms with Crippen LogP contribution in [0.15, 0.2) is 96.2 Å². The van der Waals surface area contributed by atoms with Crippen LogP contribution in [0.1, 0.15) is 5.82 Å². The van der Waals surface area contributed by atoms with Crippen LogP contribution in [0.3, 0.4) is 0 Å². The molecule has 4 aromatic rings. The molecule has 1 saturated heterocycles. The van der Waals surface area contributed by atoms with Crippen LogP contribution in [-0.4, -0.2) is 57.5 Å². The van der Waals surface area contributed by atoms with Crippen molar-refractivity contribution in [3.63, 3.8) is 0 Å².